The Morgan fingerprint density at radius 1 is 1.06 bits per heavy atom. The fourth-order valence-corrected chi connectivity index (χ4v) is 4.61. The lowest BCUT2D eigenvalue weighted by atomic mass is 9.98. The van der Waals surface area contributed by atoms with Crippen LogP contribution in [0, 0.1) is 0 Å². The van der Waals surface area contributed by atoms with Crippen molar-refractivity contribution in [2.45, 2.75) is 32.6 Å². The molecule has 0 saturated carbocycles. The number of benzene rings is 2. The van der Waals surface area contributed by atoms with Gasteiger partial charge in [-0.05, 0) is 53.6 Å². The number of aromatic nitrogens is 3. The number of carbonyl (C=O) groups excluding carboxylic acids is 2. The summed E-state index contributed by atoms with van der Waals surface area (Å²) < 4.78 is 0. The van der Waals surface area contributed by atoms with Crippen molar-refractivity contribution in [3.63, 3.8) is 0 Å². The number of nitrogens with zero attached hydrogens (tertiary/aromatic N) is 2. The van der Waals surface area contributed by atoms with Gasteiger partial charge in [0.05, 0.1) is 5.69 Å². The van der Waals surface area contributed by atoms with E-state index in [-0.39, 0.29) is 16.9 Å². The second-order valence-corrected chi connectivity index (χ2v) is 10.3. The first kappa shape index (κ1) is 21.8. The summed E-state index contributed by atoms with van der Waals surface area (Å²) >= 11 is 1.34. The van der Waals surface area contributed by atoms with Crippen LogP contribution < -0.4 is 10.6 Å². The summed E-state index contributed by atoms with van der Waals surface area (Å²) in [5, 5.41) is 25.4. The summed E-state index contributed by atoms with van der Waals surface area (Å²) in [7, 11) is 0. The van der Waals surface area contributed by atoms with E-state index in [0.29, 0.717) is 28.5 Å². The maximum absolute atomic E-state index is 13.1. The molecule has 9 heteroatoms. The first-order valence-corrected chi connectivity index (χ1v) is 11.6. The molecule has 0 saturated heterocycles. The molecule has 0 bridgehead atoms. The number of amides is 2. The monoisotopic (exact) mass is 473 g/mol. The third-order valence-electron chi connectivity index (χ3n) is 5.54. The molecule has 0 aliphatic heterocycles. The van der Waals surface area contributed by atoms with Crippen molar-refractivity contribution in [3.05, 3.63) is 69.9 Å². The molecule has 0 fully saturated rings. The van der Waals surface area contributed by atoms with Gasteiger partial charge >= 0.3 is 6.03 Å². The molecule has 0 atom stereocenters. The Morgan fingerprint density at radius 2 is 1.88 bits per heavy atom. The highest BCUT2D eigenvalue weighted by molar-refractivity contribution is 7.15. The maximum atomic E-state index is 13.1. The van der Waals surface area contributed by atoms with Gasteiger partial charge in [-0.2, -0.15) is 0 Å². The number of phenolic OH excluding ortho intramolecular Hbond substituents is 1. The highest BCUT2D eigenvalue weighted by Crippen LogP contribution is 2.31. The smallest absolute Gasteiger partial charge is 0.325 e. The van der Waals surface area contributed by atoms with E-state index in [1.807, 2.05) is 45.0 Å². The van der Waals surface area contributed by atoms with Gasteiger partial charge < -0.3 is 15.4 Å². The van der Waals surface area contributed by atoms with Gasteiger partial charge in [-0.15, -0.1) is 10.2 Å². The van der Waals surface area contributed by atoms with Gasteiger partial charge in [0.25, 0.3) is 0 Å². The second-order valence-electron chi connectivity index (χ2n) is 9.29. The number of phenols is 1. The Bertz CT molecular complexity index is 1480. The molecule has 2 amide bonds. The molecule has 1 aliphatic carbocycles. The van der Waals surface area contributed by atoms with Crippen LogP contribution in [0.15, 0.2) is 48.0 Å². The number of fused-ring (bicyclic) bond motifs is 2. The zero-order chi connectivity index (χ0) is 24.0. The minimum absolute atomic E-state index is 0.0925. The van der Waals surface area contributed by atoms with Crippen LogP contribution in [0.2, 0.25) is 0 Å². The summed E-state index contributed by atoms with van der Waals surface area (Å²) in [5.74, 6) is 0.0629. The normalized spacial score (nSPS) is 13.0. The molecule has 0 radical (unpaired) electrons. The van der Waals surface area contributed by atoms with E-state index < -0.39 is 6.03 Å². The van der Waals surface area contributed by atoms with Crippen LogP contribution in [0.4, 0.5) is 15.6 Å². The topological polar surface area (TPSA) is 120 Å². The fraction of sp³-hybridized carbons (Fsp3) is 0.200. The molecule has 4 aromatic rings. The molecule has 2 aromatic heterocycles. The molecule has 8 nitrogen and oxygen atoms in total. The molecular weight excluding hydrogens is 450 g/mol. The number of aromatic amines is 1. The third kappa shape index (κ3) is 4.29. The Morgan fingerprint density at radius 3 is 2.65 bits per heavy atom. The summed E-state index contributed by atoms with van der Waals surface area (Å²) in [4.78, 5) is 28.6. The zero-order valence-electron chi connectivity index (χ0n) is 18.9. The van der Waals surface area contributed by atoms with Gasteiger partial charge in [-0.3, -0.25) is 10.1 Å². The van der Waals surface area contributed by atoms with Crippen molar-refractivity contribution >= 4 is 50.9 Å². The van der Waals surface area contributed by atoms with E-state index in [0.717, 1.165) is 27.0 Å². The Hall–Kier alpha value is -3.98. The lowest BCUT2D eigenvalue weighted by molar-refractivity contribution is 0.103. The number of hydrogen-bond acceptors (Lipinski definition) is 6. The van der Waals surface area contributed by atoms with Crippen molar-refractivity contribution in [2.24, 2.45) is 0 Å². The Balaban J connectivity index is 1.29. The van der Waals surface area contributed by atoms with Crippen molar-refractivity contribution in [3.8, 4) is 5.75 Å². The zero-order valence-corrected chi connectivity index (χ0v) is 19.7. The molecule has 4 N–H and O–H groups in total. The maximum Gasteiger partial charge on any atom is 0.325 e. The van der Waals surface area contributed by atoms with E-state index in [1.165, 1.54) is 11.3 Å². The molecule has 2 aromatic carbocycles. The quantitative estimate of drug-likeness (QED) is 0.292. The van der Waals surface area contributed by atoms with Crippen molar-refractivity contribution in [1.82, 2.24) is 15.2 Å². The highest BCUT2D eigenvalue weighted by atomic mass is 32.1. The van der Waals surface area contributed by atoms with Gasteiger partial charge in [-0.1, -0.05) is 38.2 Å². The summed E-state index contributed by atoms with van der Waals surface area (Å²) in [6.07, 6.45) is 2.37. The molecule has 0 unspecified atom stereocenters. The van der Waals surface area contributed by atoms with E-state index in [4.69, 9.17) is 0 Å². The van der Waals surface area contributed by atoms with Crippen molar-refractivity contribution < 1.29 is 14.7 Å². The number of nitrogens with one attached hydrogen (secondary N) is 3. The predicted octanol–water partition coefficient (Wildman–Crippen LogP) is 5.49. The average molecular weight is 474 g/mol. The molecule has 172 valence electrons. The van der Waals surface area contributed by atoms with Crippen LogP contribution in [-0.2, 0) is 11.8 Å². The van der Waals surface area contributed by atoms with E-state index in [9.17, 15) is 14.7 Å². The van der Waals surface area contributed by atoms with Crippen LogP contribution >= 0.6 is 11.3 Å². The predicted molar refractivity (Wildman–Crippen MR) is 134 cm³/mol. The number of Topliss-reactive ketones (excluding diaryl/α,β-unsaturated/α-hetero) is 1. The van der Waals surface area contributed by atoms with Crippen LogP contribution in [0.25, 0.3) is 17.0 Å². The minimum Gasteiger partial charge on any atom is -0.508 e. The Labute approximate surface area is 199 Å². The van der Waals surface area contributed by atoms with E-state index in [1.54, 1.807) is 24.3 Å². The average Bonchev–Trinajstić information content (AvgIpc) is 3.49. The van der Waals surface area contributed by atoms with E-state index >= 15 is 0 Å². The van der Waals surface area contributed by atoms with Gasteiger partial charge in [0.2, 0.25) is 10.9 Å². The van der Waals surface area contributed by atoms with Crippen LogP contribution in [0.1, 0.15) is 47.4 Å². The number of urea groups is 1. The van der Waals surface area contributed by atoms with Crippen molar-refractivity contribution in [2.75, 3.05) is 10.6 Å². The van der Waals surface area contributed by atoms with Crippen LogP contribution in [0.3, 0.4) is 0 Å². The molecule has 34 heavy (non-hydrogen) atoms. The van der Waals surface area contributed by atoms with Gasteiger partial charge in [-0.25, -0.2) is 4.79 Å². The molecule has 1 aliphatic rings. The number of H-pyrrole nitrogens is 1. The molecule has 2 heterocycles. The van der Waals surface area contributed by atoms with Gasteiger partial charge in [0, 0.05) is 34.0 Å². The van der Waals surface area contributed by atoms with Gasteiger partial charge in [0.1, 0.15) is 10.8 Å². The second kappa shape index (κ2) is 8.11. The van der Waals surface area contributed by atoms with Crippen molar-refractivity contribution in [1.29, 1.82) is 0 Å². The summed E-state index contributed by atoms with van der Waals surface area (Å²) in [6.45, 7) is 6.12. The number of allylic oxidation sites excluding steroid dienone is 1. The summed E-state index contributed by atoms with van der Waals surface area (Å²) in [6, 6.07) is 11.9. The number of anilines is 2. The molecular formula is C25H23N5O3S. The number of rotatable bonds is 4. The highest BCUT2D eigenvalue weighted by Gasteiger charge is 2.22. The first-order chi connectivity index (χ1) is 16.2. The standard InChI is InChI=1S/C25H23N5O3S/c1-25(2,3)22-29-30-24(34-22)28-23(33)26-17-5-4-13-8-16(9-14(13)10-17)21(32)20-12-15-11-18(31)6-7-19(15)27-20/h4-7,9-12,27,31H,8H2,1-3H3,(H2,26,28,30,33). The van der Waals surface area contributed by atoms with Gasteiger partial charge in [0.15, 0.2) is 0 Å². The van der Waals surface area contributed by atoms with E-state index in [2.05, 4.69) is 25.8 Å². The SMILES string of the molecule is CC(C)(C)c1nnc(NC(=O)Nc2ccc3c(c2)C=C(C(=O)c2cc4cc(O)ccc4[nH]2)C3)s1. The number of hydrogen-bond donors (Lipinski definition) is 4. The number of aromatic hydroxyl groups is 1. The number of carbonyl (C=O) groups is 2. The fourth-order valence-electron chi connectivity index (χ4n) is 3.81. The lowest BCUT2D eigenvalue weighted by Gasteiger charge is -2.12. The Kier molecular flexibility index (Phi) is 5.21. The minimum atomic E-state index is -0.406. The largest absolute Gasteiger partial charge is 0.508 e. The molecule has 5 rings (SSSR count). The molecule has 0 spiro atoms. The third-order valence-corrected chi connectivity index (χ3v) is 6.81. The number of ketones is 1. The van der Waals surface area contributed by atoms with Crippen LogP contribution in [0.5, 0.6) is 5.75 Å². The van der Waals surface area contributed by atoms with Crippen LogP contribution in [-0.4, -0.2) is 32.1 Å². The first-order valence-electron chi connectivity index (χ1n) is 10.8. The summed E-state index contributed by atoms with van der Waals surface area (Å²) in [5.41, 5.74) is 4.31. The lowest BCUT2D eigenvalue weighted by Crippen LogP contribution is -2.19.